The molecule has 0 spiro atoms. The maximum atomic E-state index is 5.85. The summed E-state index contributed by atoms with van der Waals surface area (Å²) in [5.41, 5.74) is 0. The monoisotopic (exact) mass is 305 g/mol. The van der Waals surface area contributed by atoms with Crippen LogP contribution in [-0.2, 0) is 0 Å². The highest BCUT2D eigenvalue weighted by molar-refractivity contribution is 5.31. The van der Waals surface area contributed by atoms with Crippen LogP contribution in [0.2, 0.25) is 0 Å². The van der Waals surface area contributed by atoms with E-state index in [1.165, 1.54) is 58.2 Å². The summed E-state index contributed by atoms with van der Waals surface area (Å²) in [4.78, 5) is 2.64. The molecule has 1 aromatic rings. The second kappa shape index (κ2) is 9.73. The van der Waals surface area contributed by atoms with E-state index in [1.807, 2.05) is 24.3 Å². The van der Waals surface area contributed by atoms with Crippen molar-refractivity contribution in [3.63, 3.8) is 0 Å². The van der Waals surface area contributed by atoms with Gasteiger partial charge in [0.2, 0.25) is 0 Å². The van der Waals surface area contributed by atoms with E-state index in [4.69, 9.17) is 9.47 Å². The summed E-state index contributed by atoms with van der Waals surface area (Å²) in [5, 5.41) is 0. The summed E-state index contributed by atoms with van der Waals surface area (Å²) < 4.78 is 11.0. The van der Waals surface area contributed by atoms with Crippen LogP contribution in [0.4, 0.5) is 0 Å². The van der Waals surface area contributed by atoms with Gasteiger partial charge < -0.3 is 14.4 Å². The molecule has 1 heterocycles. The van der Waals surface area contributed by atoms with Crippen molar-refractivity contribution in [2.75, 3.05) is 33.4 Å². The molecule has 0 atom stereocenters. The highest BCUT2D eigenvalue weighted by Crippen LogP contribution is 2.22. The first-order valence-corrected chi connectivity index (χ1v) is 8.81. The lowest BCUT2D eigenvalue weighted by Crippen LogP contribution is -2.34. The number of benzene rings is 1. The van der Waals surface area contributed by atoms with Gasteiger partial charge >= 0.3 is 0 Å². The lowest BCUT2D eigenvalue weighted by Gasteiger charge is -2.31. The molecule has 0 aliphatic carbocycles. The van der Waals surface area contributed by atoms with Gasteiger partial charge in [-0.3, -0.25) is 0 Å². The van der Waals surface area contributed by atoms with E-state index in [0.717, 1.165) is 24.0 Å². The van der Waals surface area contributed by atoms with Gasteiger partial charge in [-0.05, 0) is 75.5 Å². The van der Waals surface area contributed by atoms with Gasteiger partial charge in [-0.25, -0.2) is 0 Å². The van der Waals surface area contributed by atoms with Gasteiger partial charge in [0.05, 0.1) is 13.7 Å². The molecule has 0 radical (unpaired) electrons. The number of unbranched alkanes of at least 4 members (excludes halogenated alkanes) is 2. The van der Waals surface area contributed by atoms with E-state index >= 15 is 0 Å². The van der Waals surface area contributed by atoms with Gasteiger partial charge in [0.15, 0.2) is 0 Å². The molecule has 1 aromatic carbocycles. The molecule has 3 heteroatoms. The zero-order valence-electron chi connectivity index (χ0n) is 14.2. The minimum atomic E-state index is 0.826. The Morgan fingerprint density at radius 2 is 1.73 bits per heavy atom. The highest BCUT2D eigenvalue weighted by Gasteiger charge is 2.18. The summed E-state index contributed by atoms with van der Waals surface area (Å²) in [6.45, 7) is 6.94. The van der Waals surface area contributed by atoms with Crippen molar-refractivity contribution >= 4 is 0 Å². The van der Waals surface area contributed by atoms with E-state index in [1.54, 1.807) is 7.11 Å². The van der Waals surface area contributed by atoms with Crippen molar-refractivity contribution in [3.05, 3.63) is 24.3 Å². The van der Waals surface area contributed by atoms with E-state index in [9.17, 15) is 0 Å². The number of nitrogens with zero attached hydrogens (tertiary/aromatic N) is 1. The lowest BCUT2D eigenvalue weighted by atomic mass is 9.94. The second-order valence-electron chi connectivity index (χ2n) is 6.30. The molecular weight excluding hydrogens is 274 g/mol. The van der Waals surface area contributed by atoms with Gasteiger partial charge in [0.1, 0.15) is 11.5 Å². The Bertz CT molecular complexity index is 396. The number of ether oxygens (including phenoxy) is 2. The number of likely N-dealkylation sites (tertiary alicyclic amines) is 1. The molecule has 1 saturated heterocycles. The molecule has 1 aliphatic rings. The summed E-state index contributed by atoms with van der Waals surface area (Å²) in [7, 11) is 1.69. The Morgan fingerprint density at radius 3 is 2.36 bits per heavy atom. The molecule has 124 valence electrons. The molecule has 3 nitrogen and oxygen atoms in total. The van der Waals surface area contributed by atoms with Crippen LogP contribution < -0.4 is 9.47 Å². The van der Waals surface area contributed by atoms with E-state index in [0.29, 0.717) is 0 Å². The molecule has 0 N–H and O–H groups in total. The van der Waals surface area contributed by atoms with Crippen LogP contribution in [0.15, 0.2) is 24.3 Å². The van der Waals surface area contributed by atoms with Crippen LogP contribution in [0, 0.1) is 5.92 Å². The first-order valence-electron chi connectivity index (χ1n) is 8.81. The van der Waals surface area contributed by atoms with Crippen LogP contribution >= 0.6 is 0 Å². The molecule has 0 amide bonds. The van der Waals surface area contributed by atoms with Gasteiger partial charge in [0.25, 0.3) is 0 Å². The molecule has 0 bridgehead atoms. The van der Waals surface area contributed by atoms with Gasteiger partial charge in [0, 0.05) is 0 Å². The third-order valence-corrected chi connectivity index (χ3v) is 4.64. The summed E-state index contributed by atoms with van der Waals surface area (Å²) in [6.07, 6.45) is 7.89. The molecule has 2 rings (SSSR count). The lowest BCUT2D eigenvalue weighted by molar-refractivity contribution is 0.161. The fraction of sp³-hybridized carbons (Fsp3) is 0.684. The maximum Gasteiger partial charge on any atom is 0.119 e. The second-order valence-corrected chi connectivity index (χ2v) is 6.30. The van der Waals surface area contributed by atoms with Crippen LogP contribution in [0.3, 0.4) is 0 Å². The molecule has 0 saturated carbocycles. The predicted octanol–water partition coefficient (Wildman–Crippen LogP) is 4.37. The number of hydrogen-bond donors (Lipinski definition) is 0. The van der Waals surface area contributed by atoms with Crippen LogP contribution in [0.1, 0.15) is 45.4 Å². The van der Waals surface area contributed by atoms with Crippen molar-refractivity contribution in [2.45, 2.75) is 45.4 Å². The van der Waals surface area contributed by atoms with E-state index in [-0.39, 0.29) is 0 Å². The van der Waals surface area contributed by atoms with Crippen LogP contribution in [0.25, 0.3) is 0 Å². The molecule has 1 aliphatic heterocycles. The quantitative estimate of drug-likeness (QED) is 0.632. The zero-order valence-corrected chi connectivity index (χ0v) is 14.2. The first-order chi connectivity index (χ1) is 10.8. The van der Waals surface area contributed by atoms with Crippen molar-refractivity contribution in [3.8, 4) is 11.5 Å². The van der Waals surface area contributed by atoms with Gasteiger partial charge in [-0.2, -0.15) is 0 Å². The molecule has 22 heavy (non-hydrogen) atoms. The molecule has 0 aromatic heterocycles. The number of methoxy groups -OCH3 is 1. The Labute approximate surface area is 135 Å². The molecule has 1 fully saturated rings. The van der Waals surface area contributed by atoms with E-state index < -0.39 is 0 Å². The number of piperidine rings is 1. The Morgan fingerprint density at radius 1 is 1.05 bits per heavy atom. The van der Waals surface area contributed by atoms with Crippen LogP contribution in [0.5, 0.6) is 11.5 Å². The van der Waals surface area contributed by atoms with Gasteiger partial charge in [-0.1, -0.05) is 19.8 Å². The maximum absolute atomic E-state index is 5.85. The SMILES string of the molecule is CCCCCN1CCC(CCOc2ccc(OC)cc2)CC1. The minimum absolute atomic E-state index is 0.826. The van der Waals surface area contributed by atoms with Gasteiger partial charge in [-0.15, -0.1) is 0 Å². The average Bonchev–Trinajstić information content (AvgIpc) is 2.57. The zero-order chi connectivity index (χ0) is 15.6. The highest BCUT2D eigenvalue weighted by atomic mass is 16.5. The average molecular weight is 305 g/mol. The largest absolute Gasteiger partial charge is 0.497 e. The van der Waals surface area contributed by atoms with Crippen molar-refractivity contribution < 1.29 is 9.47 Å². The van der Waals surface area contributed by atoms with Crippen LogP contribution in [-0.4, -0.2) is 38.3 Å². The smallest absolute Gasteiger partial charge is 0.119 e. The summed E-state index contributed by atoms with van der Waals surface area (Å²) in [6, 6.07) is 7.86. The Balaban J connectivity index is 1.58. The molecule has 0 unspecified atom stereocenters. The summed E-state index contributed by atoms with van der Waals surface area (Å²) >= 11 is 0. The van der Waals surface area contributed by atoms with E-state index in [2.05, 4.69) is 11.8 Å². The first kappa shape index (κ1) is 17.1. The Kier molecular flexibility index (Phi) is 7.58. The fourth-order valence-corrected chi connectivity index (χ4v) is 3.10. The topological polar surface area (TPSA) is 21.7 Å². The fourth-order valence-electron chi connectivity index (χ4n) is 3.10. The standard InChI is InChI=1S/C19H31NO2/c1-3-4-5-13-20-14-10-17(11-15-20)12-16-22-19-8-6-18(21-2)7-9-19/h6-9,17H,3-5,10-16H2,1-2H3. The normalized spacial score (nSPS) is 16.6. The van der Waals surface area contributed by atoms with Crippen molar-refractivity contribution in [2.24, 2.45) is 5.92 Å². The minimum Gasteiger partial charge on any atom is -0.497 e. The number of rotatable bonds is 9. The van der Waals surface area contributed by atoms with Crippen molar-refractivity contribution in [1.82, 2.24) is 4.90 Å². The predicted molar refractivity (Wildman–Crippen MR) is 91.8 cm³/mol. The Hall–Kier alpha value is -1.22. The molecular formula is C19H31NO2. The third kappa shape index (κ3) is 5.88. The summed E-state index contributed by atoms with van der Waals surface area (Å²) in [5.74, 6) is 2.65. The van der Waals surface area contributed by atoms with Crippen molar-refractivity contribution in [1.29, 1.82) is 0 Å². The third-order valence-electron chi connectivity index (χ3n) is 4.64. The number of hydrogen-bond acceptors (Lipinski definition) is 3.